The minimum atomic E-state index is 0.516. The summed E-state index contributed by atoms with van der Waals surface area (Å²) in [4.78, 5) is 0. The predicted molar refractivity (Wildman–Crippen MR) is 57.5 cm³/mol. The Bertz CT molecular complexity index is 226. The Labute approximate surface area is 82.4 Å². The first kappa shape index (κ1) is 9.30. The van der Waals surface area contributed by atoms with Crippen LogP contribution >= 0.6 is 0 Å². The van der Waals surface area contributed by atoms with E-state index >= 15 is 0 Å². The van der Waals surface area contributed by atoms with Crippen molar-refractivity contribution in [3.05, 3.63) is 11.6 Å². The Hall–Kier alpha value is -0.260. The number of allylic oxidation sites excluding steroid dienone is 2. The van der Waals surface area contributed by atoms with Crippen LogP contribution in [-0.2, 0) is 0 Å². The summed E-state index contributed by atoms with van der Waals surface area (Å²) in [5.74, 6) is 3.05. The molecular weight excluding hydrogens is 156 g/mol. The van der Waals surface area contributed by atoms with E-state index in [1.807, 2.05) is 0 Å². The van der Waals surface area contributed by atoms with E-state index in [1.165, 1.54) is 19.3 Å². The fourth-order valence-corrected chi connectivity index (χ4v) is 2.58. The molecule has 2 unspecified atom stereocenters. The number of hydrogen-bond donors (Lipinski definition) is 0. The molecule has 0 aromatic carbocycles. The van der Waals surface area contributed by atoms with E-state index < -0.39 is 0 Å². The van der Waals surface area contributed by atoms with Gasteiger partial charge in [0, 0.05) is 0 Å². The standard InChI is InChI=1S/C13H22/c1-9-10(2)12(9)7-8-13(3,4)11-5-6-11/h5,9-10,12H,6-8H2,1-4H3. The van der Waals surface area contributed by atoms with Gasteiger partial charge in [0.15, 0.2) is 0 Å². The van der Waals surface area contributed by atoms with Gasteiger partial charge < -0.3 is 0 Å². The van der Waals surface area contributed by atoms with Crippen LogP contribution in [0.2, 0.25) is 0 Å². The minimum absolute atomic E-state index is 0.516. The van der Waals surface area contributed by atoms with E-state index in [-0.39, 0.29) is 0 Å². The minimum Gasteiger partial charge on any atom is -0.0804 e. The summed E-state index contributed by atoms with van der Waals surface area (Å²) in [7, 11) is 0. The molecule has 0 aromatic heterocycles. The smallest absolute Gasteiger partial charge is 0.0130 e. The van der Waals surface area contributed by atoms with Crippen molar-refractivity contribution in [2.75, 3.05) is 0 Å². The van der Waals surface area contributed by atoms with Gasteiger partial charge in [-0.2, -0.15) is 0 Å². The Morgan fingerprint density at radius 1 is 1.31 bits per heavy atom. The summed E-state index contributed by atoms with van der Waals surface area (Å²) in [5.41, 5.74) is 2.22. The first-order valence-corrected chi connectivity index (χ1v) is 5.72. The zero-order chi connectivity index (χ0) is 9.64. The first-order valence-electron chi connectivity index (χ1n) is 5.72. The van der Waals surface area contributed by atoms with E-state index in [9.17, 15) is 0 Å². The van der Waals surface area contributed by atoms with Crippen LogP contribution < -0.4 is 0 Å². The molecular formula is C13H22. The molecule has 0 radical (unpaired) electrons. The van der Waals surface area contributed by atoms with Crippen LogP contribution in [-0.4, -0.2) is 0 Å². The molecule has 74 valence electrons. The first-order chi connectivity index (χ1) is 6.02. The van der Waals surface area contributed by atoms with Crippen molar-refractivity contribution >= 4 is 0 Å². The highest BCUT2D eigenvalue weighted by atomic mass is 14.5. The monoisotopic (exact) mass is 178 g/mol. The molecule has 2 rings (SSSR count). The third-order valence-corrected chi connectivity index (χ3v) is 4.42. The van der Waals surface area contributed by atoms with Crippen LogP contribution in [0.25, 0.3) is 0 Å². The highest BCUT2D eigenvalue weighted by Gasteiger charge is 2.43. The lowest BCUT2D eigenvalue weighted by Gasteiger charge is -2.21. The van der Waals surface area contributed by atoms with Crippen molar-refractivity contribution in [1.29, 1.82) is 0 Å². The van der Waals surface area contributed by atoms with Crippen LogP contribution in [0.3, 0.4) is 0 Å². The van der Waals surface area contributed by atoms with Gasteiger partial charge in [-0.15, -0.1) is 0 Å². The van der Waals surface area contributed by atoms with Crippen LogP contribution in [0.1, 0.15) is 47.0 Å². The van der Waals surface area contributed by atoms with E-state index in [0.717, 1.165) is 17.8 Å². The average molecular weight is 178 g/mol. The lowest BCUT2D eigenvalue weighted by atomic mass is 9.83. The van der Waals surface area contributed by atoms with Gasteiger partial charge in [0.2, 0.25) is 0 Å². The molecule has 1 saturated carbocycles. The normalized spacial score (nSPS) is 37.2. The highest BCUT2D eigenvalue weighted by Crippen LogP contribution is 2.51. The Balaban J connectivity index is 1.76. The summed E-state index contributed by atoms with van der Waals surface area (Å²) < 4.78 is 0. The molecule has 2 aliphatic rings. The SMILES string of the molecule is CC1C(C)C1CCC(C)(C)C1=CC1. The van der Waals surface area contributed by atoms with Gasteiger partial charge in [-0.05, 0) is 42.4 Å². The molecule has 0 N–H and O–H groups in total. The molecule has 0 spiro atoms. The molecule has 1 fully saturated rings. The summed E-state index contributed by atoms with van der Waals surface area (Å²) >= 11 is 0. The summed E-state index contributed by atoms with van der Waals surface area (Å²) in [6.07, 6.45) is 6.54. The second-order valence-electron chi connectivity index (χ2n) is 5.74. The third kappa shape index (κ3) is 1.82. The van der Waals surface area contributed by atoms with Crippen LogP contribution in [0.5, 0.6) is 0 Å². The van der Waals surface area contributed by atoms with Crippen molar-refractivity contribution in [2.45, 2.75) is 47.0 Å². The molecule has 13 heavy (non-hydrogen) atoms. The van der Waals surface area contributed by atoms with E-state index in [2.05, 4.69) is 33.8 Å². The van der Waals surface area contributed by atoms with Gasteiger partial charge in [0.05, 0.1) is 0 Å². The zero-order valence-corrected chi connectivity index (χ0v) is 9.43. The van der Waals surface area contributed by atoms with Crippen molar-refractivity contribution in [3.63, 3.8) is 0 Å². The van der Waals surface area contributed by atoms with Crippen LogP contribution in [0, 0.1) is 23.2 Å². The lowest BCUT2D eigenvalue weighted by Crippen LogP contribution is -2.09. The molecule has 0 heteroatoms. The van der Waals surface area contributed by atoms with Crippen LogP contribution in [0.4, 0.5) is 0 Å². The van der Waals surface area contributed by atoms with Gasteiger partial charge in [-0.3, -0.25) is 0 Å². The summed E-state index contributed by atoms with van der Waals surface area (Å²) in [5, 5.41) is 0. The molecule has 2 atom stereocenters. The fourth-order valence-electron chi connectivity index (χ4n) is 2.58. The molecule has 0 saturated heterocycles. The van der Waals surface area contributed by atoms with E-state index in [0.29, 0.717) is 5.41 Å². The van der Waals surface area contributed by atoms with Crippen molar-refractivity contribution < 1.29 is 0 Å². The average Bonchev–Trinajstić information content (AvgIpc) is 2.90. The van der Waals surface area contributed by atoms with Crippen molar-refractivity contribution in [3.8, 4) is 0 Å². The predicted octanol–water partition coefficient (Wildman–Crippen LogP) is 4.02. The summed E-state index contributed by atoms with van der Waals surface area (Å²) in [6, 6.07) is 0. The quantitative estimate of drug-likeness (QED) is 0.570. The topological polar surface area (TPSA) is 0 Å². The number of hydrogen-bond acceptors (Lipinski definition) is 0. The molecule has 0 nitrogen and oxygen atoms in total. The van der Waals surface area contributed by atoms with Gasteiger partial charge in [0.25, 0.3) is 0 Å². The fraction of sp³-hybridized carbons (Fsp3) is 0.846. The highest BCUT2D eigenvalue weighted by molar-refractivity contribution is 5.28. The molecule has 0 amide bonds. The van der Waals surface area contributed by atoms with Crippen LogP contribution in [0.15, 0.2) is 11.6 Å². The lowest BCUT2D eigenvalue weighted by molar-refractivity contribution is 0.384. The Morgan fingerprint density at radius 3 is 2.23 bits per heavy atom. The Kier molecular flexibility index (Phi) is 2.05. The van der Waals surface area contributed by atoms with E-state index in [1.54, 1.807) is 5.57 Å². The maximum atomic E-state index is 2.41. The molecule has 0 bridgehead atoms. The van der Waals surface area contributed by atoms with Gasteiger partial charge in [-0.25, -0.2) is 0 Å². The Morgan fingerprint density at radius 2 is 1.85 bits per heavy atom. The zero-order valence-electron chi connectivity index (χ0n) is 9.43. The molecule has 0 heterocycles. The molecule has 0 aromatic rings. The largest absolute Gasteiger partial charge is 0.0804 e. The summed E-state index contributed by atoms with van der Waals surface area (Å²) in [6.45, 7) is 9.62. The van der Waals surface area contributed by atoms with E-state index in [4.69, 9.17) is 0 Å². The third-order valence-electron chi connectivity index (χ3n) is 4.42. The maximum Gasteiger partial charge on any atom is -0.0130 e. The second kappa shape index (κ2) is 2.87. The van der Waals surface area contributed by atoms with Crippen molar-refractivity contribution in [2.24, 2.45) is 23.2 Å². The second-order valence-corrected chi connectivity index (χ2v) is 5.74. The van der Waals surface area contributed by atoms with Gasteiger partial charge in [0.1, 0.15) is 0 Å². The van der Waals surface area contributed by atoms with Gasteiger partial charge >= 0.3 is 0 Å². The van der Waals surface area contributed by atoms with Gasteiger partial charge in [-0.1, -0.05) is 39.3 Å². The van der Waals surface area contributed by atoms with Crippen molar-refractivity contribution in [1.82, 2.24) is 0 Å². The molecule has 0 aliphatic heterocycles. The maximum absolute atomic E-state index is 2.41. The molecule has 2 aliphatic carbocycles. The number of rotatable bonds is 4.